The molecule has 3 N–H and O–H groups in total. The molecule has 1 aromatic carbocycles. The summed E-state index contributed by atoms with van der Waals surface area (Å²) in [6, 6.07) is 6.04. The second kappa shape index (κ2) is 6.58. The zero-order chi connectivity index (χ0) is 15.4. The van der Waals surface area contributed by atoms with Crippen LogP contribution in [0, 0.1) is 0 Å². The first kappa shape index (κ1) is 15.3. The molecule has 0 aliphatic carbocycles. The fourth-order valence-corrected chi connectivity index (χ4v) is 2.49. The molecule has 2 rings (SSSR count). The van der Waals surface area contributed by atoms with Crippen LogP contribution in [0.5, 0.6) is 0 Å². The molecular weight excluding hydrogens is 268 g/mol. The molecule has 2 aromatic rings. The Bertz CT molecular complexity index is 636. The third-order valence-electron chi connectivity index (χ3n) is 3.59. The molecule has 1 aromatic heterocycles. The minimum Gasteiger partial charge on any atom is -0.481 e. The number of aromatic nitrogens is 2. The van der Waals surface area contributed by atoms with Crippen molar-refractivity contribution in [3.63, 3.8) is 0 Å². The summed E-state index contributed by atoms with van der Waals surface area (Å²) in [6.07, 6.45) is 1.10. The van der Waals surface area contributed by atoms with Gasteiger partial charge >= 0.3 is 5.97 Å². The third kappa shape index (κ3) is 3.33. The van der Waals surface area contributed by atoms with E-state index in [2.05, 4.69) is 16.8 Å². The summed E-state index contributed by atoms with van der Waals surface area (Å²) in [5, 5.41) is 8.86. The van der Waals surface area contributed by atoms with E-state index < -0.39 is 5.97 Å². The minimum absolute atomic E-state index is 0.133. The van der Waals surface area contributed by atoms with Crippen molar-refractivity contribution in [1.82, 2.24) is 9.55 Å². The zero-order valence-electron chi connectivity index (χ0n) is 12.5. The molecule has 0 amide bonds. The second-order valence-corrected chi connectivity index (χ2v) is 5.09. The fourth-order valence-electron chi connectivity index (χ4n) is 2.49. The lowest BCUT2D eigenvalue weighted by Crippen LogP contribution is -2.26. The van der Waals surface area contributed by atoms with Gasteiger partial charge in [0, 0.05) is 25.8 Å². The van der Waals surface area contributed by atoms with Gasteiger partial charge < -0.3 is 20.3 Å². The van der Waals surface area contributed by atoms with E-state index in [0.29, 0.717) is 13.1 Å². The van der Waals surface area contributed by atoms with Crippen LogP contribution in [0.25, 0.3) is 11.0 Å². The van der Waals surface area contributed by atoms with Gasteiger partial charge in [0.15, 0.2) is 0 Å². The van der Waals surface area contributed by atoms with E-state index in [1.807, 2.05) is 29.8 Å². The lowest BCUT2D eigenvalue weighted by molar-refractivity contribution is -0.136. The molecule has 0 saturated heterocycles. The number of carboxylic acids is 1. The fraction of sp³-hybridized carbons (Fsp3) is 0.467. The molecule has 0 bridgehead atoms. The molecule has 0 fully saturated rings. The van der Waals surface area contributed by atoms with E-state index in [4.69, 9.17) is 10.8 Å². The SMILES string of the molecule is CCCN(CCC(=O)O)c1ccc2c(c1)nc(CN)n2C. The van der Waals surface area contributed by atoms with Crippen LogP contribution in [0.3, 0.4) is 0 Å². The number of nitrogens with zero attached hydrogens (tertiary/aromatic N) is 3. The maximum absolute atomic E-state index is 10.8. The highest BCUT2D eigenvalue weighted by atomic mass is 16.4. The van der Waals surface area contributed by atoms with Crippen molar-refractivity contribution in [2.45, 2.75) is 26.3 Å². The van der Waals surface area contributed by atoms with Gasteiger partial charge in [-0.1, -0.05) is 6.92 Å². The second-order valence-electron chi connectivity index (χ2n) is 5.09. The van der Waals surface area contributed by atoms with Gasteiger partial charge in [-0.25, -0.2) is 4.98 Å². The first-order valence-electron chi connectivity index (χ1n) is 7.19. The highest BCUT2D eigenvalue weighted by Gasteiger charge is 2.11. The van der Waals surface area contributed by atoms with Crippen molar-refractivity contribution >= 4 is 22.7 Å². The molecule has 0 spiro atoms. The number of nitrogens with two attached hydrogens (primary N) is 1. The molecule has 0 unspecified atom stereocenters. The summed E-state index contributed by atoms with van der Waals surface area (Å²) in [4.78, 5) is 17.4. The predicted molar refractivity (Wildman–Crippen MR) is 83.4 cm³/mol. The summed E-state index contributed by atoms with van der Waals surface area (Å²) >= 11 is 0. The van der Waals surface area contributed by atoms with Crippen molar-refractivity contribution in [2.24, 2.45) is 12.8 Å². The number of carboxylic acid groups (broad SMARTS) is 1. The van der Waals surface area contributed by atoms with Crippen molar-refractivity contribution < 1.29 is 9.90 Å². The Morgan fingerprint density at radius 2 is 2.19 bits per heavy atom. The topological polar surface area (TPSA) is 84.4 Å². The van der Waals surface area contributed by atoms with Crippen LogP contribution < -0.4 is 10.6 Å². The van der Waals surface area contributed by atoms with Crippen molar-refractivity contribution in [3.05, 3.63) is 24.0 Å². The van der Waals surface area contributed by atoms with E-state index in [-0.39, 0.29) is 6.42 Å². The normalized spacial score (nSPS) is 11.0. The Labute approximate surface area is 124 Å². The smallest absolute Gasteiger partial charge is 0.305 e. The number of rotatable bonds is 7. The summed E-state index contributed by atoms with van der Waals surface area (Å²) < 4.78 is 1.99. The zero-order valence-corrected chi connectivity index (χ0v) is 12.5. The van der Waals surface area contributed by atoms with E-state index in [9.17, 15) is 4.79 Å². The molecule has 21 heavy (non-hydrogen) atoms. The van der Waals surface area contributed by atoms with Gasteiger partial charge in [-0.3, -0.25) is 4.79 Å². The maximum atomic E-state index is 10.8. The van der Waals surface area contributed by atoms with Gasteiger partial charge in [-0.05, 0) is 24.6 Å². The van der Waals surface area contributed by atoms with Crippen LogP contribution in [-0.4, -0.2) is 33.7 Å². The van der Waals surface area contributed by atoms with Gasteiger partial charge in [0.2, 0.25) is 0 Å². The Hall–Kier alpha value is -2.08. The Kier molecular flexibility index (Phi) is 4.80. The van der Waals surface area contributed by atoms with Crippen LogP contribution in [0.15, 0.2) is 18.2 Å². The first-order valence-corrected chi connectivity index (χ1v) is 7.19. The molecule has 0 aliphatic heterocycles. The van der Waals surface area contributed by atoms with Gasteiger partial charge in [0.25, 0.3) is 0 Å². The summed E-state index contributed by atoms with van der Waals surface area (Å²) in [5.41, 5.74) is 8.62. The van der Waals surface area contributed by atoms with Crippen LogP contribution in [0.4, 0.5) is 5.69 Å². The Balaban J connectivity index is 2.32. The molecular formula is C15H22N4O2. The number of aliphatic carboxylic acids is 1. The molecule has 6 nitrogen and oxygen atoms in total. The van der Waals surface area contributed by atoms with Crippen LogP contribution >= 0.6 is 0 Å². The number of aryl methyl sites for hydroxylation is 1. The van der Waals surface area contributed by atoms with E-state index in [1.54, 1.807) is 0 Å². The van der Waals surface area contributed by atoms with E-state index in [1.165, 1.54) is 0 Å². The van der Waals surface area contributed by atoms with Gasteiger partial charge in [-0.2, -0.15) is 0 Å². The van der Waals surface area contributed by atoms with Gasteiger partial charge in [0.1, 0.15) is 5.82 Å². The Morgan fingerprint density at radius 1 is 1.43 bits per heavy atom. The van der Waals surface area contributed by atoms with Crippen LogP contribution in [-0.2, 0) is 18.4 Å². The average molecular weight is 290 g/mol. The number of imidazole rings is 1. The standard InChI is InChI=1S/C15H22N4O2/c1-3-7-19(8-6-15(20)21)11-4-5-13-12(9-11)17-14(10-16)18(13)2/h4-5,9H,3,6-8,10,16H2,1-2H3,(H,20,21). The largest absolute Gasteiger partial charge is 0.481 e. The molecule has 1 heterocycles. The molecule has 114 valence electrons. The molecule has 0 radical (unpaired) electrons. The van der Waals surface area contributed by atoms with Crippen LogP contribution in [0.1, 0.15) is 25.6 Å². The molecule has 0 aliphatic rings. The molecule has 0 saturated carbocycles. The monoisotopic (exact) mass is 290 g/mol. The summed E-state index contributed by atoms with van der Waals surface area (Å²) in [5.74, 6) is 0.0650. The number of hydrogen-bond donors (Lipinski definition) is 2. The lowest BCUT2D eigenvalue weighted by atomic mass is 10.2. The van der Waals surface area contributed by atoms with Crippen molar-refractivity contribution in [2.75, 3.05) is 18.0 Å². The highest BCUT2D eigenvalue weighted by Crippen LogP contribution is 2.23. The quantitative estimate of drug-likeness (QED) is 0.811. The number of benzene rings is 1. The minimum atomic E-state index is -0.777. The maximum Gasteiger partial charge on any atom is 0.305 e. The van der Waals surface area contributed by atoms with Crippen molar-refractivity contribution in [3.8, 4) is 0 Å². The lowest BCUT2D eigenvalue weighted by Gasteiger charge is -2.23. The third-order valence-corrected chi connectivity index (χ3v) is 3.59. The number of hydrogen-bond acceptors (Lipinski definition) is 4. The number of fused-ring (bicyclic) bond motifs is 1. The predicted octanol–water partition coefficient (Wildman–Crippen LogP) is 1.72. The van der Waals surface area contributed by atoms with E-state index in [0.717, 1.165) is 35.5 Å². The van der Waals surface area contributed by atoms with Crippen LogP contribution in [0.2, 0.25) is 0 Å². The number of carbonyl (C=O) groups is 1. The number of anilines is 1. The first-order chi connectivity index (χ1) is 10.1. The highest BCUT2D eigenvalue weighted by molar-refractivity contribution is 5.80. The van der Waals surface area contributed by atoms with Gasteiger partial charge in [-0.15, -0.1) is 0 Å². The van der Waals surface area contributed by atoms with Crippen molar-refractivity contribution in [1.29, 1.82) is 0 Å². The van der Waals surface area contributed by atoms with Gasteiger partial charge in [0.05, 0.1) is 24.0 Å². The summed E-state index contributed by atoms with van der Waals surface area (Å²) in [7, 11) is 1.95. The van der Waals surface area contributed by atoms with E-state index >= 15 is 0 Å². The summed E-state index contributed by atoms with van der Waals surface area (Å²) in [6.45, 7) is 3.82. The molecule has 6 heteroatoms. The average Bonchev–Trinajstić information content (AvgIpc) is 2.79. The Morgan fingerprint density at radius 3 is 2.81 bits per heavy atom. The molecule has 0 atom stereocenters.